The first-order valence-corrected chi connectivity index (χ1v) is 5.14. The highest BCUT2D eigenvalue weighted by molar-refractivity contribution is 7.10. The van der Waals surface area contributed by atoms with Gasteiger partial charge in [-0.2, -0.15) is 0 Å². The number of thiophene rings is 1. The maximum absolute atomic E-state index is 10.6. The Bertz CT molecular complexity index is 321. The van der Waals surface area contributed by atoms with Gasteiger partial charge in [0.2, 0.25) is 0 Å². The van der Waals surface area contributed by atoms with Gasteiger partial charge in [-0.1, -0.05) is 0 Å². The Kier molecular flexibility index (Phi) is 2.33. The molecule has 0 aromatic carbocycles. The lowest BCUT2D eigenvalue weighted by molar-refractivity contribution is -0.137. The topological polar surface area (TPSA) is 49.3 Å². The number of carboxylic acid groups (broad SMARTS) is 1. The minimum atomic E-state index is -0.717. The van der Waals surface area contributed by atoms with E-state index in [-0.39, 0.29) is 12.3 Å². The third-order valence-electron chi connectivity index (χ3n) is 2.32. The minimum Gasteiger partial charge on any atom is -0.481 e. The minimum absolute atomic E-state index is 0.160. The molecule has 0 saturated heterocycles. The van der Waals surface area contributed by atoms with Gasteiger partial charge in [-0.05, 0) is 17.0 Å². The van der Waals surface area contributed by atoms with Crippen molar-refractivity contribution in [2.75, 3.05) is 6.54 Å². The Labute approximate surface area is 80.4 Å². The summed E-state index contributed by atoms with van der Waals surface area (Å²) in [6.45, 7) is 1.68. The largest absolute Gasteiger partial charge is 0.481 e. The normalized spacial score (nSPS) is 21.1. The highest BCUT2D eigenvalue weighted by atomic mass is 32.1. The van der Waals surface area contributed by atoms with Crippen molar-refractivity contribution in [1.29, 1.82) is 0 Å². The summed E-state index contributed by atoms with van der Waals surface area (Å²) in [5.74, 6) is -0.557. The van der Waals surface area contributed by atoms with E-state index >= 15 is 0 Å². The van der Waals surface area contributed by atoms with Crippen LogP contribution >= 0.6 is 11.3 Å². The van der Waals surface area contributed by atoms with Crippen LogP contribution in [0, 0.1) is 0 Å². The van der Waals surface area contributed by atoms with E-state index in [0.29, 0.717) is 0 Å². The summed E-state index contributed by atoms with van der Waals surface area (Å²) in [7, 11) is 0. The maximum atomic E-state index is 10.6. The molecule has 3 nitrogen and oxygen atoms in total. The van der Waals surface area contributed by atoms with Gasteiger partial charge >= 0.3 is 5.97 Å². The number of carbonyl (C=O) groups is 1. The van der Waals surface area contributed by atoms with E-state index in [0.717, 1.165) is 13.1 Å². The molecule has 2 rings (SSSR count). The van der Waals surface area contributed by atoms with E-state index < -0.39 is 5.97 Å². The molecule has 1 aliphatic rings. The first kappa shape index (κ1) is 8.72. The van der Waals surface area contributed by atoms with Crippen LogP contribution in [-0.4, -0.2) is 17.6 Å². The van der Waals surface area contributed by atoms with Gasteiger partial charge in [0.15, 0.2) is 0 Å². The van der Waals surface area contributed by atoms with Crippen LogP contribution in [0.3, 0.4) is 0 Å². The van der Waals surface area contributed by atoms with Crippen molar-refractivity contribution < 1.29 is 9.90 Å². The second-order valence-corrected chi connectivity index (χ2v) is 4.23. The van der Waals surface area contributed by atoms with Crippen LogP contribution in [0.15, 0.2) is 11.4 Å². The number of aliphatic carboxylic acids is 1. The second kappa shape index (κ2) is 3.47. The summed E-state index contributed by atoms with van der Waals surface area (Å²) in [6.07, 6.45) is 0.233. The molecule has 0 radical (unpaired) electrons. The lowest BCUT2D eigenvalue weighted by Gasteiger charge is -2.21. The average molecular weight is 197 g/mol. The Morgan fingerprint density at radius 1 is 1.77 bits per heavy atom. The summed E-state index contributed by atoms with van der Waals surface area (Å²) >= 11 is 1.70. The van der Waals surface area contributed by atoms with Crippen LogP contribution in [0.25, 0.3) is 0 Å². The fourth-order valence-corrected chi connectivity index (χ4v) is 2.66. The monoisotopic (exact) mass is 197 g/mol. The molecule has 1 aromatic heterocycles. The fourth-order valence-electron chi connectivity index (χ4n) is 1.72. The van der Waals surface area contributed by atoms with Crippen molar-refractivity contribution in [3.8, 4) is 0 Å². The van der Waals surface area contributed by atoms with Gasteiger partial charge in [-0.25, -0.2) is 0 Å². The SMILES string of the molecule is O=C(O)CC1CNCc2sccc21. The molecule has 0 bridgehead atoms. The molecular weight excluding hydrogens is 186 g/mol. The molecule has 2 N–H and O–H groups in total. The van der Waals surface area contributed by atoms with E-state index in [9.17, 15) is 4.79 Å². The van der Waals surface area contributed by atoms with Crippen molar-refractivity contribution in [2.24, 2.45) is 0 Å². The van der Waals surface area contributed by atoms with Crippen LogP contribution < -0.4 is 5.32 Å². The van der Waals surface area contributed by atoms with Crippen LogP contribution in [0.5, 0.6) is 0 Å². The number of hydrogen-bond donors (Lipinski definition) is 2. The van der Waals surface area contributed by atoms with Crippen molar-refractivity contribution in [3.05, 3.63) is 21.9 Å². The van der Waals surface area contributed by atoms with Crippen molar-refractivity contribution >= 4 is 17.3 Å². The van der Waals surface area contributed by atoms with Gasteiger partial charge in [0.25, 0.3) is 0 Å². The van der Waals surface area contributed by atoms with E-state index in [1.165, 1.54) is 10.4 Å². The van der Waals surface area contributed by atoms with Crippen molar-refractivity contribution in [3.63, 3.8) is 0 Å². The molecule has 1 aliphatic heterocycles. The van der Waals surface area contributed by atoms with E-state index in [4.69, 9.17) is 5.11 Å². The van der Waals surface area contributed by atoms with Gasteiger partial charge < -0.3 is 10.4 Å². The Balaban J connectivity index is 2.20. The van der Waals surface area contributed by atoms with E-state index in [2.05, 4.69) is 11.4 Å². The molecule has 1 aromatic rings. The Morgan fingerprint density at radius 3 is 3.38 bits per heavy atom. The maximum Gasteiger partial charge on any atom is 0.304 e. The molecule has 13 heavy (non-hydrogen) atoms. The molecule has 0 spiro atoms. The summed E-state index contributed by atoms with van der Waals surface area (Å²) in [5, 5.41) is 14.0. The second-order valence-electron chi connectivity index (χ2n) is 3.22. The van der Waals surface area contributed by atoms with E-state index in [1.54, 1.807) is 11.3 Å². The van der Waals surface area contributed by atoms with Gasteiger partial charge in [0, 0.05) is 23.9 Å². The molecule has 1 atom stereocenters. The average Bonchev–Trinajstić information content (AvgIpc) is 2.51. The third-order valence-corrected chi connectivity index (χ3v) is 3.25. The smallest absolute Gasteiger partial charge is 0.304 e. The Hall–Kier alpha value is -0.870. The molecule has 70 valence electrons. The fraction of sp³-hybridized carbons (Fsp3) is 0.444. The first-order valence-electron chi connectivity index (χ1n) is 4.26. The zero-order valence-electron chi connectivity index (χ0n) is 7.12. The molecule has 0 amide bonds. The predicted molar refractivity (Wildman–Crippen MR) is 51.0 cm³/mol. The van der Waals surface area contributed by atoms with Crippen LogP contribution in [0.4, 0.5) is 0 Å². The lowest BCUT2D eigenvalue weighted by atomic mass is 9.94. The number of hydrogen-bond acceptors (Lipinski definition) is 3. The van der Waals surface area contributed by atoms with Gasteiger partial charge in [0.1, 0.15) is 0 Å². The zero-order valence-corrected chi connectivity index (χ0v) is 7.93. The standard InChI is InChI=1S/C9H11NO2S/c11-9(12)3-6-4-10-5-8-7(6)1-2-13-8/h1-2,6,10H,3-5H2,(H,11,12). The van der Waals surface area contributed by atoms with E-state index in [1.807, 2.05) is 5.38 Å². The van der Waals surface area contributed by atoms with Crippen LogP contribution in [-0.2, 0) is 11.3 Å². The third kappa shape index (κ3) is 1.73. The number of nitrogens with one attached hydrogen (secondary N) is 1. The van der Waals surface area contributed by atoms with Crippen molar-refractivity contribution in [2.45, 2.75) is 18.9 Å². The quantitative estimate of drug-likeness (QED) is 0.753. The predicted octanol–water partition coefficient (Wildman–Crippen LogP) is 1.41. The summed E-state index contributed by atoms with van der Waals surface area (Å²) < 4.78 is 0. The molecule has 2 heterocycles. The molecule has 0 saturated carbocycles. The lowest BCUT2D eigenvalue weighted by Crippen LogP contribution is -2.28. The molecule has 4 heteroatoms. The van der Waals surface area contributed by atoms with Crippen LogP contribution in [0.2, 0.25) is 0 Å². The van der Waals surface area contributed by atoms with Gasteiger partial charge in [-0.3, -0.25) is 4.79 Å². The molecule has 0 aliphatic carbocycles. The highest BCUT2D eigenvalue weighted by Crippen LogP contribution is 2.30. The molecule has 0 fully saturated rings. The molecule has 1 unspecified atom stereocenters. The van der Waals surface area contributed by atoms with Gasteiger partial charge in [0.05, 0.1) is 6.42 Å². The zero-order chi connectivity index (χ0) is 9.26. The Morgan fingerprint density at radius 2 is 2.62 bits per heavy atom. The van der Waals surface area contributed by atoms with Gasteiger partial charge in [-0.15, -0.1) is 11.3 Å². The first-order chi connectivity index (χ1) is 6.27. The number of fused-ring (bicyclic) bond motifs is 1. The summed E-state index contributed by atoms with van der Waals surface area (Å²) in [5.41, 5.74) is 1.23. The highest BCUT2D eigenvalue weighted by Gasteiger charge is 2.22. The number of carboxylic acids is 1. The summed E-state index contributed by atoms with van der Waals surface area (Å²) in [6, 6.07) is 2.05. The molecular formula is C9H11NO2S. The summed E-state index contributed by atoms with van der Waals surface area (Å²) in [4.78, 5) is 11.9. The van der Waals surface area contributed by atoms with Crippen LogP contribution in [0.1, 0.15) is 22.8 Å². The van der Waals surface area contributed by atoms with Crippen molar-refractivity contribution in [1.82, 2.24) is 5.32 Å². The number of rotatable bonds is 2.